The van der Waals surface area contributed by atoms with E-state index in [0.29, 0.717) is 6.04 Å². The third-order valence-corrected chi connectivity index (χ3v) is 4.62. The van der Waals surface area contributed by atoms with Crippen molar-refractivity contribution in [1.29, 1.82) is 0 Å². The topological polar surface area (TPSA) is 58.1 Å². The molecule has 5 nitrogen and oxygen atoms in total. The van der Waals surface area contributed by atoms with Crippen molar-refractivity contribution in [2.75, 3.05) is 18.0 Å². The van der Waals surface area contributed by atoms with Gasteiger partial charge < -0.3 is 10.2 Å². The Hall–Kier alpha value is -1.43. The number of carbonyl (C=O) groups is 1. The third kappa shape index (κ3) is 3.17. The number of nitrogens with one attached hydrogen (secondary N) is 1. The van der Waals surface area contributed by atoms with Gasteiger partial charge in [-0.05, 0) is 32.1 Å². The molecule has 1 amide bonds. The van der Waals surface area contributed by atoms with E-state index >= 15 is 0 Å². The first-order chi connectivity index (χ1) is 9.83. The van der Waals surface area contributed by atoms with E-state index in [1.54, 1.807) is 0 Å². The lowest BCUT2D eigenvalue weighted by Crippen LogP contribution is -2.46. The SMILES string of the molecule is O=C(NC1CCN(c2cnsn2)CC1)[C@H]1CC=CCC1. The van der Waals surface area contributed by atoms with E-state index < -0.39 is 0 Å². The van der Waals surface area contributed by atoms with Crippen LogP contribution in [0.3, 0.4) is 0 Å². The number of piperidine rings is 1. The minimum Gasteiger partial charge on any atom is -0.354 e. The number of carbonyl (C=O) groups excluding carboxylic acids is 1. The van der Waals surface area contributed by atoms with Gasteiger partial charge in [0.25, 0.3) is 0 Å². The number of rotatable bonds is 3. The lowest BCUT2D eigenvalue weighted by atomic mass is 9.93. The zero-order chi connectivity index (χ0) is 13.8. The quantitative estimate of drug-likeness (QED) is 0.866. The summed E-state index contributed by atoms with van der Waals surface area (Å²) in [6.45, 7) is 1.89. The third-order valence-electron chi connectivity index (χ3n) is 4.15. The van der Waals surface area contributed by atoms with Gasteiger partial charge in [-0.1, -0.05) is 12.2 Å². The second-order valence-electron chi connectivity index (χ2n) is 5.52. The fraction of sp³-hybridized carbons (Fsp3) is 0.643. The summed E-state index contributed by atoms with van der Waals surface area (Å²) in [5.41, 5.74) is 0. The first-order valence-corrected chi connectivity index (χ1v) is 8.04. The Balaban J connectivity index is 1.46. The van der Waals surface area contributed by atoms with Crippen LogP contribution in [0.15, 0.2) is 18.3 Å². The van der Waals surface area contributed by atoms with Crippen LogP contribution in [0.2, 0.25) is 0 Å². The summed E-state index contributed by atoms with van der Waals surface area (Å²) in [7, 11) is 0. The molecule has 1 saturated heterocycles. The summed E-state index contributed by atoms with van der Waals surface area (Å²) in [5.74, 6) is 1.39. The van der Waals surface area contributed by atoms with Crippen LogP contribution >= 0.6 is 11.7 Å². The van der Waals surface area contributed by atoms with Crippen LogP contribution in [-0.2, 0) is 4.79 Å². The average Bonchev–Trinajstić information content (AvgIpc) is 3.03. The number of allylic oxidation sites excluding steroid dienone is 2. The summed E-state index contributed by atoms with van der Waals surface area (Å²) in [6, 6.07) is 0.316. The van der Waals surface area contributed by atoms with E-state index in [4.69, 9.17) is 0 Å². The highest BCUT2D eigenvalue weighted by Crippen LogP contribution is 2.21. The standard InChI is InChI=1S/C14H20N4OS/c19-14(11-4-2-1-3-5-11)16-12-6-8-18(9-7-12)13-10-15-20-17-13/h1-2,10-12H,3-9H2,(H,16,19)/t11-/m0/s1. The first-order valence-electron chi connectivity index (χ1n) is 7.31. The monoisotopic (exact) mass is 292 g/mol. The van der Waals surface area contributed by atoms with Gasteiger partial charge in [-0.25, -0.2) is 0 Å². The van der Waals surface area contributed by atoms with E-state index in [9.17, 15) is 4.79 Å². The molecule has 0 saturated carbocycles. The Morgan fingerprint density at radius 2 is 2.15 bits per heavy atom. The largest absolute Gasteiger partial charge is 0.354 e. The molecule has 1 atom stereocenters. The molecule has 1 fully saturated rings. The summed E-state index contributed by atoms with van der Waals surface area (Å²) < 4.78 is 8.30. The molecule has 20 heavy (non-hydrogen) atoms. The molecule has 0 aromatic carbocycles. The molecule has 0 spiro atoms. The molecule has 1 aromatic rings. The average molecular weight is 292 g/mol. The number of anilines is 1. The lowest BCUT2D eigenvalue weighted by molar-refractivity contribution is -0.126. The van der Waals surface area contributed by atoms with Gasteiger partial charge in [0.1, 0.15) is 0 Å². The zero-order valence-corrected chi connectivity index (χ0v) is 12.3. The van der Waals surface area contributed by atoms with Gasteiger partial charge in [0.05, 0.1) is 17.9 Å². The molecule has 0 bridgehead atoms. The van der Waals surface area contributed by atoms with Crippen molar-refractivity contribution in [3.8, 4) is 0 Å². The second kappa shape index (κ2) is 6.35. The molecule has 6 heteroatoms. The highest BCUT2D eigenvalue weighted by atomic mass is 32.1. The van der Waals surface area contributed by atoms with Crippen molar-refractivity contribution < 1.29 is 4.79 Å². The lowest BCUT2D eigenvalue weighted by Gasteiger charge is -2.33. The van der Waals surface area contributed by atoms with Crippen LogP contribution in [-0.4, -0.2) is 33.8 Å². The first kappa shape index (κ1) is 13.5. The molecule has 1 aliphatic carbocycles. The van der Waals surface area contributed by atoms with Crippen molar-refractivity contribution in [2.24, 2.45) is 5.92 Å². The summed E-state index contributed by atoms with van der Waals surface area (Å²) in [5, 5.41) is 3.22. The van der Waals surface area contributed by atoms with Crippen molar-refractivity contribution in [1.82, 2.24) is 14.1 Å². The molecule has 108 valence electrons. The van der Waals surface area contributed by atoms with Gasteiger partial charge >= 0.3 is 0 Å². The Kier molecular flexibility index (Phi) is 4.30. The maximum Gasteiger partial charge on any atom is 0.223 e. The van der Waals surface area contributed by atoms with E-state index in [-0.39, 0.29) is 11.8 Å². The number of aromatic nitrogens is 2. The second-order valence-corrected chi connectivity index (χ2v) is 6.07. The normalized spacial score (nSPS) is 23.8. The Morgan fingerprint density at radius 1 is 1.30 bits per heavy atom. The highest BCUT2D eigenvalue weighted by Gasteiger charge is 2.25. The Labute approximate surface area is 123 Å². The summed E-state index contributed by atoms with van der Waals surface area (Å²) >= 11 is 1.25. The van der Waals surface area contributed by atoms with Gasteiger partial charge in [0.2, 0.25) is 5.91 Å². The highest BCUT2D eigenvalue weighted by molar-refractivity contribution is 6.99. The van der Waals surface area contributed by atoms with Crippen LogP contribution in [0.4, 0.5) is 5.82 Å². The van der Waals surface area contributed by atoms with Crippen molar-refractivity contribution in [2.45, 2.75) is 38.1 Å². The van der Waals surface area contributed by atoms with Crippen LogP contribution in [0.25, 0.3) is 0 Å². The Bertz CT molecular complexity index is 466. The number of hydrogen-bond donors (Lipinski definition) is 1. The minimum atomic E-state index is 0.181. The van der Waals surface area contributed by atoms with Crippen LogP contribution in [0, 0.1) is 5.92 Å². The van der Waals surface area contributed by atoms with Gasteiger partial charge in [-0.15, -0.1) is 0 Å². The zero-order valence-electron chi connectivity index (χ0n) is 11.5. The minimum absolute atomic E-state index is 0.181. The smallest absolute Gasteiger partial charge is 0.223 e. The predicted octanol–water partition coefficient (Wildman–Crippen LogP) is 1.98. The molecule has 1 aromatic heterocycles. The van der Waals surface area contributed by atoms with E-state index in [1.807, 2.05) is 6.20 Å². The molecular formula is C14H20N4OS. The molecular weight excluding hydrogens is 272 g/mol. The van der Waals surface area contributed by atoms with E-state index in [2.05, 4.69) is 31.1 Å². The molecule has 3 rings (SSSR count). The van der Waals surface area contributed by atoms with E-state index in [0.717, 1.165) is 51.0 Å². The number of nitrogens with zero attached hydrogens (tertiary/aromatic N) is 3. The predicted molar refractivity (Wildman–Crippen MR) is 79.8 cm³/mol. The Morgan fingerprint density at radius 3 is 2.80 bits per heavy atom. The van der Waals surface area contributed by atoms with Crippen LogP contribution in [0.1, 0.15) is 32.1 Å². The summed E-state index contributed by atoms with van der Waals surface area (Å²) in [4.78, 5) is 14.4. The maximum atomic E-state index is 12.2. The molecule has 2 heterocycles. The fourth-order valence-corrected chi connectivity index (χ4v) is 3.34. The van der Waals surface area contributed by atoms with Gasteiger partial charge in [-0.3, -0.25) is 4.79 Å². The van der Waals surface area contributed by atoms with Crippen LogP contribution < -0.4 is 10.2 Å². The summed E-state index contributed by atoms with van der Waals surface area (Å²) in [6.07, 6.45) is 11.0. The molecule has 2 aliphatic rings. The van der Waals surface area contributed by atoms with Crippen molar-refractivity contribution in [3.63, 3.8) is 0 Å². The fourth-order valence-electron chi connectivity index (χ4n) is 2.90. The van der Waals surface area contributed by atoms with E-state index in [1.165, 1.54) is 11.7 Å². The molecule has 0 radical (unpaired) electrons. The van der Waals surface area contributed by atoms with Gasteiger partial charge in [-0.2, -0.15) is 8.75 Å². The number of hydrogen-bond acceptors (Lipinski definition) is 5. The van der Waals surface area contributed by atoms with Crippen molar-refractivity contribution in [3.05, 3.63) is 18.3 Å². The van der Waals surface area contributed by atoms with Crippen molar-refractivity contribution >= 4 is 23.5 Å². The number of amides is 1. The van der Waals surface area contributed by atoms with Gasteiger partial charge in [0.15, 0.2) is 5.82 Å². The molecule has 1 aliphatic heterocycles. The van der Waals surface area contributed by atoms with Gasteiger partial charge in [0, 0.05) is 25.0 Å². The molecule has 0 unspecified atom stereocenters. The molecule has 1 N–H and O–H groups in total. The van der Waals surface area contributed by atoms with Crippen LogP contribution in [0.5, 0.6) is 0 Å². The maximum absolute atomic E-state index is 12.2.